The summed E-state index contributed by atoms with van der Waals surface area (Å²) in [4.78, 5) is 63.7. The zero-order valence-electron chi connectivity index (χ0n) is 17.7. The van der Waals surface area contributed by atoms with Gasteiger partial charge in [-0.15, -0.1) is 0 Å². The molecule has 14 nitrogen and oxygen atoms in total. The molecule has 0 saturated carbocycles. The Labute approximate surface area is 181 Å². The van der Waals surface area contributed by atoms with Crippen LogP contribution in [0.4, 0.5) is 0 Å². The van der Waals surface area contributed by atoms with E-state index in [0.717, 1.165) is 4.57 Å². The molecule has 174 valence electrons. The number of nitrogens with one attached hydrogen (secondary N) is 2. The van der Waals surface area contributed by atoms with Crippen molar-refractivity contribution in [3.8, 4) is 0 Å². The molecule has 1 aliphatic rings. The van der Waals surface area contributed by atoms with Crippen molar-refractivity contribution in [3.05, 3.63) is 43.0 Å². The zero-order valence-corrected chi connectivity index (χ0v) is 17.7. The number of aromatic amines is 1. The van der Waals surface area contributed by atoms with E-state index in [2.05, 4.69) is 20.3 Å². The van der Waals surface area contributed by atoms with Crippen molar-refractivity contribution in [2.75, 3.05) is 6.61 Å². The van der Waals surface area contributed by atoms with E-state index in [1.807, 2.05) is 0 Å². The molecule has 14 heteroatoms. The number of amides is 1. The average molecular weight is 452 g/mol. The van der Waals surface area contributed by atoms with Crippen LogP contribution in [0, 0.1) is 12.8 Å². The predicted octanol–water partition coefficient (Wildman–Crippen LogP) is -0.0299. The third-order valence-corrected chi connectivity index (χ3v) is 4.73. The highest BCUT2D eigenvalue weighted by Gasteiger charge is 2.37. The summed E-state index contributed by atoms with van der Waals surface area (Å²) in [6, 6.07) is -2.08. The van der Waals surface area contributed by atoms with Gasteiger partial charge >= 0.3 is 23.5 Å². The Hall–Kier alpha value is -3.64. The monoisotopic (exact) mass is 452 g/mol. The van der Waals surface area contributed by atoms with Crippen LogP contribution in [0.1, 0.15) is 38.5 Å². The van der Waals surface area contributed by atoms with Crippen LogP contribution in [-0.2, 0) is 23.9 Å². The zero-order chi connectivity index (χ0) is 24.0. The molecule has 1 fully saturated rings. The fraction of sp³-hybridized carbons (Fsp3) is 0.611. The van der Waals surface area contributed by atoms with E-state index in [1.54, 1.807) is 13.8 Å². The Morgan fingerprint density at radius 3 is 2.72 bits per heavy atom. The fourth-order valence-electron chi connectivity index (χ4n) is 3.16. The molecule has 0 bridgehead atoms. The second kappa shape index (κ2) is 10.6. The van der Waals surface area contributed by atoms with Gasteiger partial charge < -0.3 is 19.9 Å². The maximum Gasteiger partial charge on any atom is 0.396 e. The first-order valence-corrected chi connectivity index (χ1v) is 9.75. The molecule has 0 spiro atoms. The number of aryl methyl sites for hydroxylation is 1. The lowest BCUT2D eigenvalue weighted by atomic mass is 10.0. The minimum absolute atomic E-state index is 0.0409. The molecular formula is C18H24N6O8. The largest absolute Gasteiger partial charge is 0.480 e. The number of carboxylic acid groups (broad SMARTS) is 1. The lowest BCUT2D eigenvalue weighted by Crippen LogP contribution is -2.45. The van der Waals surface area contributed by atoms with Gasteiger partial charge in [0, 0.05) is 23.1 Å². The first-order chi connectivity index (χ1) is 15.0. The number of carbonyl (C=O) groups excluding carboxylic acids is 2. The van der Waals surface area contributed by atoms with Crippen molar-refractivity contribution in [3.63, 3.8) is 0 Å². The van der Waals surface area contributed by atoms with Crippen molar-refractivity contribution in [2.45, 2.75) is 58.0 Å². The molecule has 0 aromatic carbocycles. The molecule has 1 saturated heterocycles. The van der Waals surface area contributed by atoms with E-state index in [0.29, 0.717) is 0 Å². The average Bonchev–Trinajstić information content (AvgIpc) is 3.10. The molecule has 0 radical (unpaired) electrons. The number of azide groups is 1. The van der Waals surface area contributed by atoms with Crippen LogP contribution in [0.15, 0.2) is 20.9 Å². The third kappa shape index (κ3) is 6.18. The van der Waals surface area contributed by atoms with E-state index < -0.39 is 60.1 Å². The number of H-pyrrole nitrogens is 1. The minimum atomic E-state index is -1.33. The van der Waals surface area contributed by atoms with Gasteiger partial charge in [0.15, 0.2) is 0 Å². The Morgan fingerprint density at radius 1 is 1.44 bits per heavy atom. The van der Waals surface area contributed by atoms with E-state index in [4.69, 9.17) is 20.1 Å². The number of hydrogen-bond donors (Lipinski definition) is 3. The topological polar surface area (TPSA) is 206 Å². The van der Waals surface area contributed by atoms with Crippen LogP contribution < -0.4 is 16.6 Å². The summed E-state index contributed by atoms with van der Waals surface area (Å²) in [7, 11) is 0. The van der Waals surface area contributed by atoms with Crippen LogP contribution in [0.25, 0.3) is 10.4 Å². The van der Waals surface area contributed by atoms with Gasteiger partial charge in [-0.1, -0.05) is 19.0 Å². The highest BCUT2D eigenvalue weighted by molar-refractivity contribution is 6.32. The summed E-state index contributed by atoms with van der Waals surface area (Å²) >= 11 is 0. The number of carboxylic acids is 1. The smallest absolute Gasteiger partial charge is 0.396 e. The van der Waals surface area contributed by atoms with Gasteiger partial charge in [-0.2, -0.15) is 0 Å². The number of aromatic nitrogens is 2. The van der Waals surface area contributed by atoms with Crippen molar-refractivity contribution in [1.82, 2.24) is 14.9 Å². The predicted molar refractivity (Wildman–Crippen MR) is 108 cm³/mol. The van der Waals surface area contributed by atoms with Gasteiger partial charge in [-0.3, -0.25) is 19.1 Å². The van der Waals surface area contributed by atoms with Gasteiger partial charge in [-0.25, -0.2) is 14.4 Å². The summed E-state index contributed by atoms with van der Waals surface area (Å²) in [5.74, 6) is -3.89. The van der Waals surface area contributed by atoms with Crippen LogP contribution in [0.3, 0.4) is 0 Å². The van der Waals surface area contributed by atoms with Gasteiger partial charge in [0.25, 0.3) is 5.56 Å². The Bertz CT molecular complexity index is 1040. The standard InChI is InChI=1S/C18H24N6O8/c1-8(2)4-11(16(27)28)20-15(26)17(29)31-7-12-10(22-23-19)5-13(32-12)24-6-9(3)14(25)21-18(24)30/h6,8,10-13H,4-5,7H2,1-3H3,(H,20,26)(H,27,28)(H,21,25,30)/t10?,11-,12?,13?/m0/s1. The van der Waals surface area contributed by atoms with E-state index in [-0.39, 0.29) is 24.3 Å². The molecule has 0 aliphatic carbocycles. The van der Waals surface area contributed by atoms with Gasteiger partial charge in [0.2, 0.25) is 0 Å². The SMILES string of the molecule is Cc1cn(C2CC(N=[N+]=[N-])C(COC(=O)C(=O)N[C@@H](CC(C)C)C(=O)O)O2)c(=O)[nH]c1=O. The molecule has 1 aliphatic heterocycles. The molecular weight excluding hydrogens is 428 g/mol. The first-order valence-electron chi connectivity index (χ1n) is 9.75. The molecule has 4 atom stereocenters. The normalized spacial score (nSPS) is 20.9. The van der Waals surface area contributed by atoms with Crippen LogP contribution in [0.5, 0.6) is 0 Å². The summed E-state index contributed by atoms with van der Waals surface area (Å²) in [5, 5.41) is 14.8. The van der Waals surface area contributed by atoms with Crippen LogP contribution >= 0.6 is 0 Å². The van der Waals surface area contributed by atoms with Gasteiger partial charge in [-0.05, 0) is 24.8 Å². The van der Waals surface area contributed by atoms with E-state index in [1.165, 1.54) is 13.1 Å². The lowest BCUT2D eigenvalue weighted by molar-refractivity contribution is -0.159. The summed E-state index contributed by atoms with van der Waals surface area (Å²) in [5.41, 5.74) is 7.76. The third-order valence-electron chi connectivity index (χ3n) is 4.73. The number of hydrogen-bond acceptors (Lipinski definition) is 8. The number of ether oxygens (including phenoxy) is 2. The van der Waals surface area contributed by atoms with E-state index >= 15 is 0 Å². The van der Waals surface area contributed by atoms with Crippen molar-refractivity contribution in [1.29, 1.82) is 0 Å². The number of nitrogens with zero attached hydrogens (tertiary/aromatic N) is 4. The van der Waals surface area contributed by atoms with Crippen molar-refractivity contribution in [2.24, 2.45) is 11.0 Å². The Kier molecular flexibility index (Phi) is 8.15. The second-order valence-electron chi connectivity index (χ2n) is 7.71. The Morgan fingerprint density at radius 2 is 2.12 bits per heavy atom. The molecule has 32 heavy (non-hydrogen) atoms. The number of rotatable bonds is 8. The van der Waals surface area contributed by atoms with Crippen molar-refractivity contribution >= 4 is 17.8 Å². The summed E-state index contributed by atoms with van der Waals surface area (Å²) < 4.78 is 11.7. The molecule has 3 N–H and O–H groups in total. The molecule has 2 heterocycles. The second-order valence-corrected chi connectivity index (χ2v) is 7.71. The lowest BCUT2D eigenvalue weighted by Gasteiger charge is -2.18. The minimum Gasteiger partial charge on any atom is -0.480 e. The van der Waals surface area contributed by atoms with Crippen LogP contribution in [-0.4, -0.2) is 57.3 Å². The Balaban J connectivity index is 2.05. The molecule has 1 aromatic rings. The van der Waals surface area contributed by atoms with Crippen molar-refractivity contribution < 1.29 is 29.0 Å². The van der Waals surface area contributed by atoms with Gasteiger partial charge in [0.1, 0.15) is 25.0 Å². The number of aliphatic carboxylic acids is 1. The molecule has 1 aromatic heterocycles. The number of carbonyl (C=O) groups is 3. The molecule has 2 rings (SSSR count). The summed E-state index contributed by atoms with van der Waals surface area (Å²) in [6.45, 7) is 4.54. The van der Waals surface area contributed by atoms with Crippen LogP contribution in [0.2, 0.25) is 0 Å². The number of esters is 1. The maximum atomic E-state index is 12.1. The van der Waals surface area contributed by atoms with Gasteiger partial charge in [0.05, 0.1) is 6.04 Å². The fourth-order valence-corrected chi connectivity index (χ4v) is 3.16. The van der Waals surface area contributed by atoms with E-state index in [9.17, 15) is 24.0 Å². The maximum absolute atomic E-state index is 12.1. The molecule has 3 unspecified atom stereocenters. The molecule has 1 amide bonds. The highest BCUT2D eigenvalue weighted by Crippen LogP contribution is 2.30. The quantitative estimate of drug-likeness (QED) is 0.160. The summed E-state index contributed by atoms with van der Waals surface area (Å²) in [6.07, 6.45) is -0.416. The first kappa shape index (κ1) is 24.6. The highest BCUT2D eigenvalue weighted by atomic mass is 16.6.